The quantitative estimate of drug-likeness (QED) is 0.629. The highest BCUT2D eigenvalue weighted by Gasteiger charge is 2.11. The predicted molar refractivity (Wildman–Crippen MR) is 75.2 cm³/mol. The van der Waals surface area contributed by atoms with Gasteiger partial charge >= 0.3 is 0 Å². The molecule has 0 amide bonds. The first-order chi connectivity index (χ1) is 7.63. The predicted octanol–water partition coefficient (Wildman–Crippen LogP) is 4.33. The van der Waals surface area contributed by atoms with Gasteiger partial charge in [-0.2, -0.15) is 5.10 Å². The lowest BCUT2D eigenvalue weighted by Gasteiger charge is -2.08. The minimum atomic E-state index is 0.405. The van der Waals surface area contributed by atoms with Crippen molar-refractivity contribution >= 4 is 33.4 Å². The fraction of sp³-hybridized carbons (Fsp3) is 0.417. The van der Waals surface area contributed by atoms with Gasteiger partial charge in [-0.1, -0.05) is 30.7 Å². The van der Waals surface area contributed by atoms with E-state index in [1.165, 1.54) is 10.9 Å². The molecule has 16 heavy (non-hydrogen) atoms. The SMILES string of the molecule is CC(C)c1n[nH]c2ccc(C(C)SS)cc12. The van der Waals surface area contributed by atoms with Gasteiger partial charge in [0.15, 0.2) is 0 Å². The van der Waals surface area contributed by atoms with E-state index in [0.29, 0.717) is 11.2 Å². The van der Waals surface area contributed by atoms with E-state index in [0.717, 1.165) is 11.2 Å². The molecule has 4 heteroatoms. The molecule has 0 saturated heterocycles. The minimum absolute atomic E-state index is 0.405. The monoisotopic (exact) mass is 252 g/mol. The summed E-state index contributed by atoms with van der Waals surface area (Å²) in [4.78, 5) is 0. The number of nitrogens with zero attached hydrogens (tertiary/aromatic N) is 1. The summed E-state index contributed by atoms with van der Waals surface area (Å²) >= 11 is 4.27. The van der Waals surface area contributed by atoms with Crippen molar-refractivity contribution in [1.82, 2.24) is 10.2 Å². The van der Waals surface area contributed by atoms with Crippen molar-refractivity contribution in [3.8, 4) is 0 Å². The Morgan fingerprint density at radius 3 is 2.69 bits per heavy atom. The maximum absolute atomic E-state index is 4.37. The van der Waals surface area contributed by atoms with Crippen LogP contribution >= 0.6 is 22.5 Å². The molecular formula is C12H16N2S2. The number of H-pyrrole nitrogens is 1. The second kappa shape index (κ2) is 4.72. The number of thiol groups is 1. The Bertz CT molecular complexity index is 491. The highest BCUT2D eigenvalue weighted by atomic mass is 33.1. The molecule has 0 spiro atoms. The van der Waals surface area contributed by atoms with Crippen molar-refractivity contribution in [1.29, 1.82) is 0 Å². The summed E-state index contributed by atoms with van der Waals surface area (Å²) in [5, 5.41) is 9.09. The molecule has 1 unspecified atom stereocenters. The molecule has 0 saturated carbocycles. The van der Waals surface area contributed by atoms with Crippen molar-refractivity contribution in [2.45, 2.75) is 31.9 Å². The third-order valence-electron chi connectivity index (χ3n) is 2.79. The summed E-state index contributed by atoms with van der Waals surface area (Å²) in [6.07, 6.45) is 0. The van der Waals surface area contributed by atoms with E-state index in [4.69, 9.17) is 0 Å². The summed E-state index contributed by atoms with van der Waals surface area (Å²) in [5.74, 6) is 0.447. The molecule has 0 fully saturated rings. The van der Waals surface area contributed by atoms with Gasteiger partial charge in [0.05, 0.1) is 11.2 Å². The molecule has 1 heterocycles. The third-order valence-corrected chi connectivity index (χ3v) is 4.33. The van der Waals surface area contributed by atoms with E-state index in [2.05, 4.69) is 60.8 Å². The van der Waals surface area contributed by atoms with Crippen LogP contribution in [-0.2, 0) is 0 Å². The summed E-state index contributed by atoms with van der Waals surface area (Å²) in [6.45, 7) is 6.49. The van der Waals surface area contributed by atoms with Gasteiger partial charge in [-0.15, -0.1) is 11.7 Å². The molecule has 1 N–H and O–H groups in total. The third kappa shape index (κ3) is 2.09. The minimum Gasteiger partial charge on any atom is -0.278 e. The van der Waals surface area contributed by atoms with Crippen LogP contribution in [-0.4, -0.2) is 10.2 Å². The van der Waals surface area contributed by atoms with Crippen LogP contribution < -0.4 is 0 Å². The highest BCUT2D eigenvalue weighted by Crippen LogP contribution is 2.33. The molecule has 2 nitrogen and oxygen atoms in total. The Hall–Kier alpha value is -0.610. The van der Waals surface area contributed by atoms with Crippen molar-refractivity contribution in [2.75, 3.05) is 0 Å². The van der Waals surface area contributed by atoms with Gasteiger partial charge in [0.25, 0.3) is 0 Å². The molecule has 0 aliphatic carbocycles. The average Bonchev–Trinajstić information content (AvgIpc) is 2.70. The van der Waals surface area contributed by atoms with E-state index in [1.54, 1.807) is 10.8 Å². The lowest BCUT2D eigenvalue weighted by atomic mass is 10.0. The number of hydrogen-bond donors (Lipinski definition) is 2. The van der Waals surface area contributed by atoms with Crippen molar-refractivity contribution in [3.05, 3.63) is 29.5 Å². The fourth-order valence-electron chi connectivity index (χ4n) is 1.81. The van der Waals surface area contributed by atoms with Gasteiger partial charge in [0.2, 0.25) is 0 Å². The maximum atomic E-state index is 4.37. The molecule has 0 aliphatic heterocycles. The van der Waals surface area contributed by atoms with Crippen molar-refractivity contribution in [3.63, 3.8) is 0 Å². The average molecular weight is 252 g/mol. The van der Waals surface area contributed by atoms with Crippen LogP contribution in [0.3, 0.4) is 0 Å². The Labute approximate surface area is 105 Å². The van der Waals surface area contributed by atoms with Gasteiger partial charge in [0, 0.05) is 10.6 Å². The zero-order valence-electron chi connectivity index (χ0n) is 9.69. The Morgan fingerprint density at radius 1 is 1.31 bits per heavy atom. The first-order valence-corrected chi connectivity index (χ1v) is 7.34. The molecule has 1 atom stereocenters. The molecular weight excluding hydrogens is 236 g/mol. The number of rotatable bonds is 3. The smallest absolute Gasteiger partial charge is 0.0726 e. The summed E-state index contributed by atoms with van der Waals surface area (Å²) in [5.41, 5.74) is 3.56. The van der Waals surface area contributed by atoms with Gasteiger partial charge in [-0.25, -0.2) is 0 Å². The Morgan fingerprint density at radius 2 is 2.06 bits per heavy atom. The van der Waals surface area contributed by atoms with Gasteiger partial charge < -0.3 is 0 Å². The molecule has 2 rings (SSSR count). The number of fused-ring (bicyclic) bond motifs is 1. The molecule has 86 valence electrons. The molecule has 0 bridgehead atoms. The summed E-state index contributed by atoms with van der Waals surface area (Å²) in [7, 11) is 1.57. The van der Waals surface area contributed by atoms with Crippen LogP contribution in [0.4, 0.5) is 0 Å². The van der Waals surface area contributed by atoms with Gasteiger partial charge in [-0.05, 0) is 30.5 Å². The van der Waals surface area contributed by atoms with Crippen LogP contribution in [0.5, 0.6) is 0 Å². The zero-order chi connectivity index (χ0) is 11.7. The number of hydrogen-bond acceptors (Lipinski definition) is 3. The lowest BCUT2D eigenvalue weighted by Crippen LogP contribution is -1.89. The first-order valence-electron chi connectivity index (χ1n) is 5.41. The molecule has 1 aromatic carbocycles. The fourth-order valence-corrected chi connectivity index (χ4v) is 2.44. The molecule has 0 aliphatic rings. The van der Waals surface area contributed by atoms with Gasteiger partial charge in [0.1, 0.15) is 0 Å². The maximum Gasteiger partial charge on any atom is 0.0726 e. The van der Waals surface area contributed by atoms with Crippen LogP contribution in [0.25, 0.3) is 10.9 Å². The van der Waals surface area contributed by atoms with Crippen LogP contribution in [0.1, 0.15) is 43.2 Å². The second-order valence-electron chi connectivity index (χ2n) is 4.32. The molecule has 1 aromatic heterocycles. The summed E-state index contributed by atoms with van der Waals surface area (Å²) in [6, 6.07) is 6.46. The second-order valence-corrected chi connectivity index (χ2v) is 5.87. The Kier molecular flexibility index (Phi) is 3.50. The van der Waals surface area contributed by atoms with Crippen molar-refractivity contribution in [2.24, 2.45) is 0 Å². The largest absolute Gasteiger partial charge is 0.278 e. The van der Waals surface area contributed by atoms with Crippen molar-refractivity contribution < 1.29 is 0 Å². The van der Waals surface area contributed by atoms with E-state index >= 15 is 0 Å². The van der Waals surface area contributed by atoms with E-state index in [-0.39, 0.29) is 0 Å². The van der Waals surface area contributed by atoms with E-state index in [1.807, 2.05) is 0 Å². The normalized spacial score (nSPS) is 13.6. The number of nitrogens with one attached hydrogen (secondary N) is 1. The van der Waals surface area contributed by atoms with E-state index in [9.17, 15) is 0 Å². The number of benzene rings is 1. The number of aromatic nitrogens is 2. The number of aromatic amines is 1. The first kappa shape index (κ1) is 11.9. The van der Waals surface area contributed by atoms with E-state index < -0.39 is 0 Å². The van der Waals surface area contributed by atoms with Gasteiger partial charge in [-0.3, -0.25) is 5.10 Å². The molecule has 0 radical (unpaired) electrons. The molecule has 2 aromatic rings. The zero-order valence-corrected chi connectivity index (χ0v) is 11.4. The topological polar surface area (TPSA) is 28.7 Å². The van der Waals surface area contributed by atoms with Crippen LogP contribution in [0, 0.1) is 0 Å². The lowest BCUT2D eigenvalue weighted by molar-refractivity contribution is 0.818. The Balaban J connectivity index is 2.54. The summed E-state index contributed by atoms with van der Waals surface area (Å²) < 4.78 is 0. The van der Waals surface area contributed by atoms with Crippen LogP contribution in [0.2, 0.25) is 0 Å². The highest BCUT2D eigenvalue weighted by molar-refractivity contribution is 8.68. The standard InChI is InChI=1S/C12H16N2S2/c1-7(2)12-10-6-9(8(3)16-15)4-5-11(10)13-14-12/h4-8,15H,1-3H3,(H,13,14). The van der Waals surface area contributed by atoms with Crippen LogP contribution in [0.15, 0.2) is 18.2 Å².